The first kappa shape index (κ1) is 16.1. The molecule has 0 bridgehead atoms. The van der Waals surface area contributed by atoms with Crippen LogP contribution in [0.3, 0.4) is 0 Å². The van der Waals surface area contributed by atoms with Crippen molar-refractivity contribution in [1.29, 1.82) is 0 Å². The van der Waals surface area contributed by atoms with E-state index in [0.717, 1.165) is 25.9 Å². The summed E-state index contributed by atoms with van der Waals surface area (Å²) in [5.41, 5.74) is 0.0698. The van der Waals surface area contributed by atoms with E-state index in [2.05, 4.69) is 31.0 Å². The lowest BCUT2D eigenvalue weighted by atomic mass is 9.83. The Morgan fingerprint density at radius 3 is 2.14 bits per heavy atom. The Kier molecular flexibility index (Phi) is 3.72. The van der Waals surface area contributed by atoms with Crippen LogP contribution in [0.2, 0.25) is 0 Å². The molecule has 22 heavy (non-hydrogen) atoms. The Morgan fingerprint density at radius 2 is 1.68 bits per heavy atom. The summed E-state index contributed by atoms with van der Waals surface area (Å²) in [6, 6.07) is 0.219. The number of nitrogens with one attached hydrogen (secondary N) is 1. The maximum atomic E-state index is 12.2. The Hall–Kier alpha value is -0.820. The molecular weight excluding hydrogens is 302 g/mol. The fourth-order valence-corrected chi connectivity index (χ4v) is 6.09. The molecule has 0 aromatic rings. The van der Waals surface area contributed by atoms with Crippen LogP contribution in [0.1, 0.15) is 33.6 Å². The third kappa shape index (κ3) is 3.11. The van der Waals surface area contributed by atoms with Crippen molar-refractivity contribution in [3.8, 4) is 0 Å². The number of piperidine rings is 1. The van der Waals surface area contributed by atoms with Gasteiger partial charge in [-0.25, -0.2) is 13.2 Å². The normalized spacial score (nSPS) is 28.0. The molecule has 0 aromatic heterocycles. The van der Waals surface area contributed by atoms with E-state index in [9.17, 15) is 13.2 Å². The Morgan fingerprint density at radius 1 is 1.14 bits per heavy atom. The van der Waals surface area contributed by atoms with Crippen molar-refractivity contribution in [2.75, 3.05) is 37.7 Å². The van der Waals surface area contributed by atoms with Crippen LogP contribution in [0, 0.1) is 5.41 Å². The molecule has 3 fully saturated rings. The van der Waals surface area contributed by atoms with Gasteiger partial charge in [-0.15, -0.1) is 0 Å². The molecule has 1 N–H and O–H groups in total. The predicted octanol–water partition coefficient (Wildman–Crippen LogP) is 0.689. The Labute approximate surface area is 133 Å². The van der Waals surface area contributed by atoms with E-state index < -0.39 is 9.84 Å². The van der Waals surface area contributed by atoms with Gasteiger partial charge in [0.25, 0.3) is 0 Å². The van der Waals surface area contributed by atoms with Crippen LogP contribution >= 0.6 is 0 Å². The van der Waals surface area contributed by atoms with Crippen molar-refractivity contribution < 1.29 is 13.2 Å². The summed E-state index contributed by atoms with van der Waals surface area (Å²) < 4.78 is 22.6. The van der Waals surface area contributed by atoms with Gasteiger partial charge in [-0.3, -0.25) is 4.90 Å². The number of rotatable bonds is 1. The smallest absolute Gasteiger partial charge is 0.317 e. The highest BCUT2D eigenvalue weighted by Gasteiger charge is 2.57. The summed E-state index contributed by atoms with van der Waals surface area (Å²) in [5, 5.41) is 3.11. The van der Waals surface area contributed by atoms with Crippen LogP contribution in [0.4, 0.5) is 4.79 Å². The third-order valence-electron chi connectivity index (χ3n) is 5.16. The van der Waals surface area contributed by atoms with Gasteiger partial charge in [-0.05, 0) is 33.6 Å². The highest BCUT2D eigenvalue weighted by atomic mass is 32.2. The minimum atomic E-state index is -2.81. The Balaban J connectivity index is 1.41. The zero-order valence-corrected chi connectivity index (χ0v) is 14.6. The largest absolute Gasteiger partial charge is 0.335 e. The van der Waals surface area contributed by atoms with Gasteiger partial charge < -0.3 is 10.2 Å². The number of sulfone groups is 1. The summed E-state index contributed by atoms with van der Waals surface area (Å²) in [6.07, 6.45) is 1.97. The molecule has 3 saturated heterocycles. The first-order valence-electron chi connectivity index (χ1n) is 8.10. The summed E-state index contributed by atoms with van der Waals surface area (Å²) in [5.74, 6) is 0.515. The minimum Gasteiger partial charge on any atom is -0.335 e. The van der Waals surface area contributed by atoms with Gasteiger partial charge in [-0.2, -0.15) is 0 Å². The van der Waals surface area contributed by atoms with Crippen molar-refractivity contribution in [2.45, 2.75) is 45.2 Å². The van der Waals surface area contributed by atoms with Crippen LogP contribution < -0.4 is 5.32 Å². The van der Waals surface area contributed by atoms with Crippen LogP contribution in [-0.2, 0) is 9.84 Å². The van der Waals surface area contributed by atoms with Crippen molar-refractivity contribution in [3.63, 3.8) is 0 Å². The highest BCUT2D eigenvalue weighted by molar-refractivity contribution is 7.92. The maximum Gasteiger partial charge on any atom is 0.317 e. The third-order valence-corrected chi connectivity index (χ3v) is 7.27. The molecule has 0 unspecified atom stereocenters. The number of hydrogen-bond donors (Lipinski definition) is 1. The van der Waals surface area contributed by atoms with Crippen LogP contribution in [-0.4, -0.2) is 73.5 Å². The molecule has 0 atom stereocenters. The van der Waals surface area contributed by atoms with E-state index in [1.165, 1.54) is 0 Å². The molecule has 0 aliphatic carbocycles. The molecule has 1 spiro atoms. The summed E-state index contributed by atoms with van der Waals surface area (Å²) >= 11 is 0. The molecule has 2 amide bonds. The molecule has 3 rings (SSSR count). The molecule has 0 saturated carbocycles. The van der Waals surface area contributed by atoms with Gasteiger partial charge >= 0.3 is 6.03 Å². The minimum absolute atomic E-state index is 0.0240. The lowest BCUT2D eigenvalue weighted by Gasteiger charge is -2.54. The lowest BCUT2D eigenvalue weighted by molar-refractivity contribution is 0.0495. The van der Waals surface area contributed by atoms with Gasteiger partial charge in [0.2, 0.25) is 0 Å². The second-order valence-electron chi connectivity index (χ2n) is 8.27. The monoisotopic (exact) mass is 329 g/mol. The van der Waals surface area contributed by atoms with Crippen LogP contribution in [0.15, 0.2) is 0 Å². The standard InChI is InChI=1S/C15H27N3O3S/c1-14(2,3)18-6-4-12(5-7-18)16-13(19)17-8-15(9-17)10-22(20,21)11-15/h12H,4-11H2,1-3H3,(H,16,19). The maximum absolute atomic E-state index is 12.2. The number of carbonyl (C=O) groups is 1. The predicted molar refractivity (Wildman–Crippen MR) is 85.5 cm³/mol. The van der Waals surface area contributed by atoms with E-state index in [-0.39, 0.29) is 34.5 Å². The zero-order chi connectivity index (χ0) is 16.2. The molecule has 126 valence electrons. The number of hydrogen-bond acceptors (Lipinski definition) is 4. The second-order valence-corrected chi connectivity index (χ2v) is 10.3. The number of likely N-dealkylation sites (tertiary alicyclic amines) is 2. The molecule has 0 aromatic carbocycles. The first-order chi connectivity index (χ1) is 10.1. The summed E-state index contributed by atoms with van der Waals surface area (Å²) in [6.45, 7) is 9.87. The van der Waals surface area contributed by atoms with E-state index in [4.69, 9.17) is 0 Å². The average Bonchev–Trinajstić information content (AvgIpc) is 2.32. The van der Waals surface area contributed by atoms with Crippen LogP contribution in [0.25, 0.3) is 0 Å². The van der Waals surface area contributed by atoms with Crippen molar-refractivity contribution in [1.82, 2.24) is 15.1 Å². The number of urea groups is 1. The second kappa shape index (κ2) is 5.09. The van der Waals surface area contributed by atoms with E-state index in [0.29, 0.717) is 13.1 Å². The molecular formula is C15H27N3O3S. The average molecular weight is 329 g/mol. The first-order valence-corrected chi connectivity index (χ1v) is 9.92. The zero-order valence-electron chi connectivity index (χ0n) is 13.8. The number of amides is 2. The van der Waals surface area contributed by atoms with E-state index in [1.54, 1.807) is 4.90 Å². The van der Waals surface area contributed by atoms with Crippen molar-refractivity contribution >= 4 is 15.9 Å². The molecule has 3 aliphatic rings. The van der Waals surface area contributed by atoms with Gasteiger partial charge in [-0.1, -0.05) is 0 Å². The fraction of sp³-hybridized carbons (Fsp3) is 0.933. The topological polar surface area (TPSA) is 69.7 Å². The number of nitrogens with zero attached hydrogens (tertiary/aromatic N) is 2. The van der Waals surface area contributed by atoms with E-state index >= 15 is 0 Å². The molecule has 6 nitrogen and oxygen atoms in total. The van der Waals surface area contributed by atoms with Crippen LogP contribution in [0.5, 0.6) is 0 Å². The fourth-order valence-electron chi connectivity index (χ4n) is 3.94. The van der Waals surface area contributed by atoms with Gasteiger partial charge in [0.05, 0.1) is 11.5 Å². The van der Waals surface area contributed by atoms with Gasteiger partial charge in [0.15, 0.2) is 9.84 Å². The Bertz CT molecular complexity index is 539. The lowest BCUT2D eigenvalue weighted by Crippen LogP contribution is -2.71. The summed E-state index contributed by atoms with van der Waals surface area (Å²) in [4.78, 5) is 16.4. The molecule has 3 aliphatic heterocycles. The van der Waals surface area contributed by atoms with E-state index in [1.807, 2.05) is 0 Å². The highest BCUT2D eigenvalue weighted by Crippen LogP contribution is 2.41. The molecule has 0 radical (unpaired) electrons. The molecule has 3 heterocycles. The van der Waals surface area contributed by atoms with Gasteiger partial charge in [0.1, 0.15) is 0 Å². The van der Waals surface area contributed by atoms with Crippen molar-refractivity contribution in [2.24, 2.45) is 5.41 Å². The summed E-state index contributed by atoms with van der Waals surface area (Å²) in [7, 11) is -2.81. The van der Waals surface area contributed by atoms with Crippen molar-refractivity contribution in [3.05, 3.63) is 0 Å². The SMILES string of the molecule is CC(C)(C)N1CCC(NC(=O)N2CC3(C2)CS(=O)(=O)C3)CC1. The quantitative estimate of drug-likeness (QED) is 0.768. The number of carbonyl (C=O) groups excluding carboxylic acids is 1. The molecule has 7 heteroatoms. The van der Waals surface area contributed by atoms with Gasteiger partial charge in [0, 0.05) is 43.2 Å².